The number of ketones is 1. The van der Waals surface area contributed by atoms with Crippen molar-refractivity contribution in [1.82, 2.24) is 0 Å². The van der Waals surface area contributed by atoms with Crippen LogP contribution in [0.5, 0.6) is 0 Å². The summed E-state index contributed by atoms with van der Waals surface area (Å²) in [6, 6.07) is 0. The van der Waals surface area contributed by atoms with Crippen LogP contribution in [0.2, 0.25) is 0 Å². The Morgan fingerprint density at radius 3 is 1.95 bits per heavy atom. The molecule has 4 heterocycles. The molecule has 436 valence electrons. The van der Waals surface area contributed by atoms with Gasteiger partial charge in [-0.3, -0.25) is 14.1 Å². The molecule has 0 unspecified atom stereocenters. The van der Waals surface area contributed by atoms with E-state index in [0.717, 1.165) is 20.0 Å². The van der Waals surface area contributed by atoms with E-state index >= 15 is 0 Å². The Morgan fingerprint density at radius 1 is 0.697 bits per heavy atom. The van der Waals surface area contributed by atoms with E-state index in [1.807, 2.05) is 0 Å². The molecule has 4 aliphatic carbocycles. The van der Waals surface area contributed by atoms with Crippen molar-refractivity contribution in [2.45, 2.75) is 223 Å². The van der Waals surface area contributed by atoms with Crippen molar-refractivity contribution in [3.63, 3.8) is 0 Å². The summed E-state index contributed by atoms with van der Waals surface area (Å²) in [5, 5.41) is 99.4. The lowest BCUT2D eigenvalue weighted by atomic mass is 9.41. The predicted octanol–water partition coefficient (Wildman–Crippen LogP) is -1.47. The van der Waals surface area contributed by atoms with E-state index in [0.29, 0.717) is 25.7 Å². The van der Waals surface area contributed by atoms with Gasteiger partial charge in [0, 0.05) is 14.0 Å². The van der Waals surface area contributed by atoms with Crippen LogP contribution >= 0.6 is 0 Å². The monoisotopic (exact) mass is 1110 g/mol. The van der Waals surface area contributed by atoms with Crippen molar-refractivity contribution in [2.24, 2.45) is 39.4 Å². The Morgan fingerprint density at radius 2 is 1.32 bits per heavy atom. The van der Waals surface area contributed by atoms with Crippen LogP contribution in [0.3, 0.4) is 0 Å². The molecule has 3 saturated carbocycles. The van der Waals surface area contributed by atoms with Gasteiger partial charge in [0.2, 0.25) is 0 Å². The lowest BCUT2D eigenvalue weighted by molar-refractivity contribution is -0.388. The van der Waals surface area contributed by atoms with E-state index < -0.39 is 182 Å². The minimum Gasteiger partial charge on any atom is -0.462 e. The van der Waals surface area contributed by atoms with E-state index in [-0.39, 0.29) is 28.4 Å². The average molecular weight is 1110 g/mol. The summed E-state index contributed by atoms with van der Waals surface area (Å²) in [4.78, 5) is 25.6. The maximum Gasteiger partial charge on any atom is 0.397 e. The topological polar surface area (TPSA) is 372 Å². The van der Waals surface area contributed by atoms with Crippen LogP contribution in [0, 0.1) is 39.4 Å². The number of rotatable bonds is 15. The zero-order valence-electron chi connectivity index (χ0n) is 44.3. The summed E-state index contributed by atoms with van der Waals surface area (Å²) < 4.78 is 96.9. The molecule has 25 nitrogen and oxygen atoms in total. The lowest BCUT2D eigenvalue weighted by Gasteiger charge is -2.64. The molecule has 26 heteroatoms. The fourth-order valence-corrected chi connectivity index (χ4v) is 15.1. The summed E-state index contributed by atoms with van der Waals surface area (Å²) in [6.45, 7) is 12.9. The molecule has 8 aliphatic rings. The van der Waals surface area contributed by atoms with Crippen LogP contribution in [0.25, 0.3) is 0 Å². The van der Waals surface area contributed by atoms with Crippen molar-refractivity contribution in [1.29, 1.82) is 0 Å². The molecule has 8 rings (SSSR count). The van der Waals surface area contributed by atoms with Gasteiger partial charge in [0.1, 0.15) is 97.3 Å². The third-order valence-corrected chi connectivity index (χ3v) is 19.4. The standard InChI is InChI=1S/C50H80O25S/c1-20(52)31-25(69-22(3)53)16-50(8)24-10-11-29-47(4,5)30(13-14-48(29,6)23(24)12-15-49(31,50)7)73-46-42(75-43-37(59)36(58)32(54)21(2)68-43)35(57)27(18-66-46)71-44-39(61)41(34(56)28(72-44)19-67-76(62,63)64)74-45-38(60)40(65-9)33(55)26(17-51)70-45/h12,21,24-46,51,54-61H,10-11,13-19H2,1-9H3,(H,62,63,64)/t21-,24-,25-,26-,27-,28-,29+,30+,31+,32-,33-,34-,35+,36+,37-,38-,39-,40+,41+,42-,43+,44-,45+,46+,48-,49-,50+/m1/s1. The third kappa shape index (κ3) is 10.7. The molecule has 4 saturated heterocycles. The molecular weight excluding hydrogens is 1030 g/mol. The molecule has 4 aliphatic heterocycles. The van der Waals surface area contributed by atoms with Crippen LogP contribution in [-0.2, 0) is 71.5 Å². The lowest BCUT2D eigenvalue weighted by Crippen LogP contribution is -2.66. The SMILES string of the molecule is CO[C@@H]1[C@@H](O)[C@H](O[C@@H]2[C@@H](O)[C@H](O[C@@H]3CO[C@@H](O[C@H]4CC[C@]5(C)C6=CC[C@]7(C)[C@@H](C(C)=O)[C@H](OC(C)=O)C[C@@]7(C)[C@@H]6CC[C@H]5C4(C)C)[C@H](O[C@@H]4O[C@H](C)[C@@H](O)[C@H](O)[C@H]4O)[C@H]3O)O[C@H](COS(=O)(=O)O)[C@H]2O)O[C@H](CO)[C@H]1O. The van der Waals surface area contributed by atoms with Crippen molar-refractivity contribution >= 4 is 22.2 Å². The summed E-state index contributed by atoms with van der Waals surface area (Å²) in [7, 11) is -3.99. The first-order chi connectivity index (χ1) is 35.4. The van der Waals surface area contributed by atoms with Crippen LogP contribution in [0.4, 0.5) is 0 Å². The normalized spacial score (nSPS) is 50.4. The quantitative estimate of drug-likeness (QED) is 0.0387. The van der Waals surface area contributed by atoms with Crippen molar-refractivity contribution in [2.75, 3.05) is 26.9 Å². The fourth-order valence-electron chi connectivity index (χ4n) is 14.8. The van der Waals surface area contributed by atoms with Crippen LogP contribution in [0.15, 0.2) is 11.6 Å². The van der Waals surface area contributed by atoms with Gasteiger partial charge in [0.25, 0.3) is 0 Å². The zero-order valence-corrected chi connectivity index (χ0v) is 45.1. The number of hydrogen-bond donors (Lipinski definition) is 10. The fraction of sp³-hybridized carbons (Fsp3) is 0.920. The number of carbonyl (C=O) groups is 2. The van der Waals surface area contributed by atoms with Crippen LogP contribution in [0.1, 0.15) is 93.9 Å². The highest BCUT2D eigenvalue weighted by Gasteiger charge is 2.69. The summed E-state index contributed by atoms with van der Waals surface area (Å²) in [6.07, 6.45) is -26.8. The number of esters is 1. The molecule has 0 spiro atoms. The number of aliphatic hydroxyl groups is 9. The number of ether oxygens (including phenoxy) is 10. The molecule has 0 aromatic heterocycles. The van der Waals surface area contributed by atoms with E-state index in [1.54, 1.807) is 6.92 Å². The molecule has 27 atom stereocenters. The van der Waals surface area contributed by atoms with Crippen molar-refractivity contribution in [3.8, 4) is 0 Å². The highest BCUT2D eigenvalue weighted by atomic mass is 32.3. The average Bonchev–Trinajstić information content (AvgIpc) is 3.57. The first-order valence-electron chi connectivity index (χ1n) is 26.2. The van der Waals surface area contributed by atoms with Gasteiger partial charge in [0.15, 0.2) is 25.2 Å². The molecule has 76 heavy (non-hydrogen) atoms. The molecule has 0 amide bonds. The number of methoxy groups -OCH3 is 1. The highest BCUT2D eigenvalue weighted by molar-refractivity contribution is 7.80. The van der Waals surface area contributed by atoms with Crippen LogP contribution < -0.4 is 0 Å². The number of hydrogen-bond acceptors (Lipinski definition) is 24. The Bertz CT molecular complexity index is 2220. The third-order valence-electron chi connectivity index (χ3n) is 19.0. The second-order valence-corrected chi connectivity index (χ2v) is 24.7. The first-order valence-corrected chi connectivity index (χ1v) is 27.6. The smallest absolute Gasteiger partial charge is 0.397 e. The van der Waals surface area contributed by atoms with Gasteiger partial charge in [-0.15, -0.1) is 0 Å². The minimum absolute atomic E-state index is 0.000748. The number of fused-ring (bicyclic) bond motifs is 5. The Kier molecular flexibility index (Phi) is 17.7. The maximum absolute atomic E-state index is 13.3. The Balaban J connectivity index is 1.04. The van der Waals surface area contributed by atoms with Gasteiger partial charge in [-0.05, 0) is 85.9 Å². The Hall–Kier alpha value is -1.97. The van der Waals surface area contributed by atoms with Gasteiger partial charge in [-0.2, -0.15) is 8.42 Å². The number of aliphatic hydroxyl groups excluding tert-OH is 9. The van der Waals surface area contributed by atoms with E-state index in [2.05, 4.69) is 44.9 Å². The van der Waals surface area contributed by atoms with Crippen LogP contribution in [-0.4, -0.2) is 227 Å². The van der Waals surface area contributed by atoms with E-state index in [4.69, 9.17) is 47.4 Å². The van der Waals surface area contributed by atoms with Gasteiger partial charge in [-0.25, -0.2) is 4.18 Å². The van der Waals surface area contributed by atoms with E-state index in [1.165, 1.54) is 19.4 Å². The number of allylic oxidation sites excluding steroid dienone is 2. The first kappa shape index (κ1) is 60.1. The molecule has 7 fully saturated rings. The Labute approximate surface area is 441 Å². The molecule has 0 aromatic carbocycles. The second kappa shape index (κ2) is 22.4. The number of carbonyl (C=O) groups excluding carboxylic acids is 2. The molecule has 10 N–H and O–H groups in total. The minimum atomic E-state index is -5.15. The van der Waals surface area contributed by atoms with Gasteiger partial charge < -0.3 is 93.3 Å². The molecule has 0 bridgehead atoms. The van der Waals surface area contributed by atoms with E-state index in [9.17, 15) is 68.5 Å². The maximum atomic E-state index is 13.3. The van der Waals surface area contributed by atoms with Crippen molar-refractivity contribution < 1.29 is 120 Å². The van der Waals surface area contributed by atoms with Gasteiger partial charge >= 0.3 is 16.4 Å². The zero-order chi connectivity index (χ0) is 55.9. The summed E-state index contributed by atoms with van der Waals surface area (Å²) >= 11 is 0. The molecule has 0 radical (unpaired) electrons. The largest absolute Gasteiger partial charge is 0.462 e. The molecule has 0 aromatic rings. The summed E-state index contributed by atoms with van der Waals surface area (Å²) in [5.41, 5.74) is -0.372. The van der Waals surface area contributed by atoms with Crippen molar-refractivity contribution in [3.05, 3.63) is 11.6 Å². The number of Topliss-reactive ketones (excluding diaryl/α,β-unsaturated/α-hetero) is 1. The predicted molar refractivity (Wildman–Crippen MR) is 255 cm³/mol. The highest BCUT2D eigenvalue weighted by Crippen LogP contribution is 2.73. The van der Waals surface area contributed by atoms with Gasteiger partial charge in [0.05, 0.1) is 37.9 Å². The second-order valence-electron chi connectivity index (χ2n) is 23.6. The van der Waals surface area contributed by atoms with Gasteiger partial charge in [-0.1, -0.05) is 46.3 Å². The summed E-state index contributed by atoms with van der Waals surface area (Å²) in [5.74, 6) is -0.714. The molecular formula is C50H80O25S.